The van der Waals surface area contributed by atoms with Crippen LogP contribution in [-0.2, 0) is 10.9 Å². The Bertz CT molecular complexity index is 1730. The van der Waals surface area contributed by atoms with Gasteiger partial charge in [-0.1, -0.05) is 36.4 Å². The second-order valence-corrected chi connectivity index (χ2v) is 20.2. The molecule has 0 saturated heterocycles. The van der Waals surface area contributed by atoms with Crippen molar-refractivity contribution in [2.45, 2.75) is 39.2 Å². The van der Waals surface area contributed by atoms with Gasteiger partial charge in [-0.3, -0.25) is 0 Å². The molecule has 0 bridgehead atoms. The molecular formula is C36H28F4PS3+. The molecule has 0 heterocycles. The Balaban J connectivity index is 1.33. The van der Waals surface area contributed by atoms with Crippen LogP contribution in [0.1, 0.15) is 0 Å². The second-order valence-electron chi connectivity index (χ2n) is 9.84. The Hall–Kier alpha value is -3.48. The molecule has 222 valence electrons. The molecule has 8 heteroatoms. The fourth-order valence-corrected chi connectivity index (χ4v) is 15.4. The van der Waals surface area contributed by atoms with Crippen LogP contribution >= 0.6 is 28.5 Å². The molecule has 0 aromatic heterocycles. The average Bonchev–Trinajstić information content (AvgIpc) is 3.04. The van der Waals surface area contributed by atoms with Crippen molar-refractivity contribution in [3.63, 3.8) is 0 Å². The number of hydrogen-bond acceptors (Lipinski definition) is 1. The van der Waals surface area contributed by atoms with Gasteiger partial charge in [-0.2, -0.15) is 0 Å². The minimum absolute atomic E-state index is 0.0536. The summed E-state index contributed by atoms with van der Waals surface area (Å²) in [5.74, 6) is 0. The predicted molar refractivity (Wildman–Crippen MR) is 179 cm³/mol. The van der Waals surface area contributed by atoms with Crippen molar-refractivity contribution in [2.75, 3.05) is 0 Å². The molecule has 0 amide bonds. The van der Waals surface area contributed by atoms with E-state index in [9.17, 15) is 0 Å². The van der Waals surface area contributed by atoms with Crippen molar-refractivity contribution in [1.29, 1.82) is 0 Å². The first-order valence-corrected chi connectivity index (χ1v) is 19.9. The van der Waals surface area contributed by atoms with Crippen LogP contribution in [0.5, 0.6) is 0 Å². The van der Waals surface area contributed by atoms with Crippen LogP contribution in [0.25, 0.3) is 0 Å². The van der Waals surface area contributed by atoms with E-state index in [4.69, 9.17) is 0 Å². The van der Waals surface area contributed by atoms with Crippen LogP contribution in [0.15, 0.2) is 209 Å². The van der Waals surface area contributed by atoms with Crippen molar-refractivity contribution in [3.8, 4) is 0 Å². The first-order chi connectivity index (χ1) is 21.2. The molecule has 0 unspecified atom stereocenters. The van der Waals surface area contributed by atoms with E-state index in [1.165, 1.54) is 87.1 Å². The summed E-state index contributed by atoms with van der Waals surface area (Å²) in [7, 11) is -12.7. The summed E-state index contributed by atoms with van der Waals surface area (Å²) < 4.78 is 61.6. The minimum atomic E-state index is -8.25. The summed E-state index contributed by atoms with van der Waals surface area (Å²) in [6.45, 7) is 0. The molecule has 0 N–H and O–H groups in total. The Kier molecular flexibility index (Phi) is 8.67. The third-order valence-corrected chi connectivity index (χ3v) is 18.3. The van der Waals surface area contributed by atoms with Crippen LogP contribution in [0.3, 0.4) is 0 Å². The van der Waals surface area contributed by atoms with Gasteiger partial charge in [0, 0.05) is 0 Å². The van der Waals surface area contributed by atoms with Gasteiger partial charge in [0.25, 0.3) is 0 Å². The second kappa shape index (κ2) is 12.5. The SMILES string of the molecule is FP(F)(F)(F)S(c1ccccc1)(c1ccccc1)c1ccc(Sc2ccc([S+](c3ccccc3)c3ccccc3)cc2)cc1. The Morgan fingerprint density at radius 2 is 0.705 bits per heavy atom. The molecule has 44 heavy (non-hydrogen) atoms. The van der Waals surface area contributed by atoms with Gasteiger partial charge in [0.05, 0.1) is 0 Å². The summed E-state index contributed by atoms with van der Waals surface area (Å²) >= 11 is 1.47. The summed E-state index contributed by atoms with van der Waals surface area (Å²) in [4.78, 5) is 5.18. The maximum atomic E-state index is 15.4. The van der Waals surface area contributed by atoms with Crippen LogP contribution in [0, 0.1) is 0 Å². The monoisotopic (exact) mass is 663 g/mol. The topological polar surface area (TPSA) is 0 Å². The molecule has 0 spiro atoms. The fourth-order valence-electron chi connectivity index (χ4n) is 5.13. The Morgan fingerprint density at radius 3 is 1.09 bits per heavy atom. The zero-order chi connectivity index (χ0) is 30.6. The summed E-state index contributed by atoms with van der Waals surface area (Å²) in [6, 6.07) is 50.3. The van der Waals surface area contributed by atoms with E-state index in [0.29, 0.717) is 0 Å². The number of hydrogen-bond donors (Lipinski definition) is 0. The van der Waals surface area contributed by atoms with Gasteiger partial charge in [0.2, 0.25) is 0 Å². The molecule has 0 radical (unpaired) electrons. The third-order valence-electron chi connectivity index (χ3n) is 7.00. The summed E-state index contributed by atoms with van der Waals surface area (Å²) in [5, 5.41) is 0. The van der Waals surface area contributed by atoms with Gasteiger partial charge in [-0.05, 0) is 24.3 Å². The van der Waals surface area contributed by atoms with E-state index in [1.807, 2.05) is 48.5 Å². The average molecular weight is 664 g/mol. The number of halogens is 4. The van der Waals surface area contributed by atoms with Crippen LogP contribution in [0.4, 0.5) is 16.8 Å². The van der Waals surface area contributed by atoms with E-state index in [0.717, 1.165) is 9.79 Å². The van der Waals surface area contributed by atoms with Crippen molar-refractivity contribution < 1.29 is 16.8 Å². The van der Waals surface area contributed by atoms with E-state index in [2.05, 4.69) is 36.4 Å². The molecule has 6 rings (SSSR count). The summed E-state index contributed by atoms with van der Waals surface area (Å²) in [5.41, 5.74) is 0. The van der Waals surface area contributed by atoms with Gasteiger partial charge in [-0.25, -0.2) is 0 Å². The zero-order valence-corrected chi connectivity index (χ0v) is 26.7. The number of rotatable bonds is 9. The zero-order valence-electron chi connectivity index (χ0n) is 23.3. The van der Waals surface area contributed by atoms with E-state index >= 15 is 16.8 Å². The van der Waals surface area contributed by atoms with Crippen molar-refractivity contribution in [3.05, 3.63) is 170 Å². The predicted octanol–water partition coefficient (Wildman–Crippen LogP) is 13.2. The molecule has 0 atom stereocenters. The Labute approximate surface area is 264 Å². The van der Waals surface area contributed by atoms with Crippen LogP contribution in [-0.4, -0.2) is 0 Å². The standard InChI is InChI=1S/C36H28F4PS3/c37-41(38,39,40)44(34-17-9-3-10-18-34,35-19-11-4-12-20-35)36-27-23-30(24-28-36)42-29-21-25-33(26-22-29)43(31-13-5-1-6-14-31)32-15-7-2-8-16-32/h1-28H/q+1. The van der Waals surface area contributed by atoms with Gasteiger partial charge in [0.1, 0.15) is 0 Å². The van der Waals surface area contributed by atoms with Gasteiger partial charge >= 0.3 is 204 Å². The van der Waals surface area contributed by atoms with Gasteiger partial charge in [0.15, 0.2) is 0 Å². The third kappa shape index (κ3) is 6.07. The van der Waals surface area contributed by atoms with Crippen molar-refractivity contribution in [1.82, 2.24) is 0 Å². The summed E-state index contributed by atoms with van der Waals surface area (Å²) in [6.07, 6.45) is 0. The van der Waals surface area contributed by atoms with Crippen LogP contribution < -0.4 is 0 Å². The molecule has 0 nitrogen and oxygen atoms in total. The molecule has 0 fully saturated rings. The molecule has 6 aromatic rings. The first-order valence-electron chi connectivity index (χ1n) is 13.8. The molecule has 0 aliphatic rings. The molecule has 0 aliphatic carbocycles. The van der Waals surface area contributed by atoms with E-state index < -0.39 is 16.7 Å². The number of benzene rings is 6. The maximum absolute atomic E-state index is 15.4. The van der Waals surface area contributed by atoms with E-state index in [1.54, 1.807) is 24.3 Å². The van der Waals surface area contributed by atoms with Crippen molar-refractivity contribution >= 4 is 39.4 Å². The normalized spacial score (nSPS) is 13.2. The van der Waals surface area contributed by atoms with Gasteiger partial charge < -0.3 is 0 Å². The quantitative estimate of drug-likeness (QED) is 0.0843. The fraction of sp³-hybridized carbons (Fsp3) is 0. The van der Waals surface area contributed by atoms with E-state index in [-0.39, 0.29) is 25.6 Å². The molecule has 0 aliphatic heterocycles. The van der Waals surface area contributed by atoms with Crippen molar-refractivity contribution in [2.24, 2.45) is 0 Å². The van der Waals surface area contributed by atoms with Crippen LogP contribution in [0.2, 0.25) is 0 Å². The van der Waals surface area contributed by atoms with Gasteiger partial charge in [-0.15, -0.1) is 0 Å². The molecule has 0 saturated carbocycles. The Morgan fingerprint density at radius 1 is 0.386 bits per heavy atom. The first kappa shape index (κ1) is 30.5. The molecular weight excluding hydrogens is 636 g/mol. The molecule has 6 aromatic carbocycles.